The Kier molecular flexibility index (Phi) is 5.74. The lowest BCUT2D eigenvalue weighted by Crippen LogP contribution is -2.28. The van der Waals surface area contributed by atoms with Crippen LogP contribution in [0.3, 0.4) is 0 Å². The molecule has 0 atom stereocenters. The Balaban J connectivity index is 2.01. The van der Waals surface area contributed by atoms with Gasteiger partial charge in [-0.15, -0.1) is 0 Å². The molecule has 0 aliphatic carbocycles. The molecule has 0 radical (unpaired) electrons. The van der Waals surface area contributed by atoms with Gasteiger partial charge in [0.1, 0.15) is 11.5 Å². The van der Waals surface area contributed by atoms with Crippen LogP contribution in [0.5, 0.6) is 0 Å². The van der Waals surface area contributed by atoms with Gasteiger partial charge in [0.2, 0.25) is 15.9 Å². The predicted molar refractivity (Wildman–Crippen MR) is 89.9 cm³/mol. The van der Waals surface area contributed by atoms with Crippen molar-refractivity contribution in [1.29, 1.82) is 0 Å². The van der Waals surface area contributed by atoms with Crippen molar-refractivity contribution in [3.63, 3.8) is 0 Å². The van der Waals surface area contributed by atoms with Gasteiger partial charge in [-0.3, -0.25) is 4.79 Å². The van der Waals surface area contributed by atoms with Crippen LogP contribution in [-0.4, -0.2) is 32.4 Å². The number of nitrogens with one attached hydrogen (secondary N) is 2. The molecular weight excluding hydrogens is 330 g/mol. The molecule has 1 heterocycles. The average molecular weight is 351 g/mol. The second-order valence-electron chi connectivity index (χ2n) is 5.40. The van der Waals surface area contributed by atoms with Crippen molar-refractivity contribution in [2.45, 2.75) is 32.1 Å². The molecule has 1 aromatic heterocycles. The number of sulfonamides is 1. The van der Waals surface area contributed by atoms with Crippen LogP contribution in [0, 0.1) is 13.8 Å². The van der Waals surface area contributed by atoms with Crippen molar-refractivity contribution < 1.29 is 17.6 Å². The molecule has 24 heavy (non-hydrogen) atoms. The molecule has 2 N–H and O–H groups in total. The monoisotopic (exact) mass is 351 g/mol. The molecule has 2 aromatic rings. The summed E-state index contributed by atoms with van der Waals surface area (Å²) in [5.74, 6) is 1.13. The van der Waals surface area contributed by atoms with Crippen molar-refractivity contribution in [3.05, 3.63) is 35.9 Å². The number of carbonyl (C=O) groups excluding carboxylic acids is 1. The van der Waals surface area contributed by atoms with Crippen molar-refractivity contribution in [3.8, 4) is 11.3 Å². The van der Waals surface area contributed by atoms with Crippen LogP contribution in [0.15, 0.2) is 33.6 Å². The van der Waals surface area contributed by atoms with Gasteiger partial charge in [-0.25, -0.2) is 18.1 Å². The Bertz CT molecular complexity index is 810. The van der Waals surface area contributed by atoms with Crippen LogP contribution in [0.1, 0.15) is 25.0 Å². The van der Waals surface area contributed by atoms with E-state index in [0.29, 0.717) is 30.3 Å². The Morgan fingerprint density at radius 3 is 2.38 bits per heavy atom. The molecule has 0 fully saturated rings. The van der Waals surface area contributed by atoms with E-state index in [9.17, 15) is 13.2 Å². The smallest absolute Gasteiger partial charge is 0.240 e. The summed E-state index contributed by atoms with van der Waals surface area (Å²) in [5.41, 5.74) is 1.51. The Labute approximate surface area is 141 Å². The van der Waals surface area contributed by atoms with Gasteiger partial charge in [-0.05, 0) is 25.5 Å². The molecule has 1 aromatic carbocycles. The molecule has 0 spiro atoms. The van der Waals surface area contributed by atoms with Crippen LogP contribution in [0.2, 0.25) is 0 Å². The number of benzene rings is 1. The predicted octanol–water partition coefficient (Wildman–Crippen LogP) is 1.76. The molecule has 7 nitrogen and oxygen atoms in total. The maximum Gasteiger partial charge on any atom is 0.240 e. The van der Waals surface area contributed by atoms with Gasteiger partial charge in [0, 0.05) is 32.5 Å². The Hall–Kier alpha value is -2.19. The number of rotatable bonds is 7. The highest BCUT2D eigenvalue weighted by Gasteiger charge is 2.15. The van der Waals surface area contributed by atoms with Gasteiger partial charge in [0.05, 0.1) is 4.90 Å². The van der Waals surface area contributed by atoms with Crippen LogP contribution < -0.4 is 10.0 Å². The zero-order chi connectivity index (χ0) is 17.7. The lowest BCUT2D eigenvalue weighted by molar-refractivity contribution is -0.118. The number of hydrogen-bond acceptors (Lipinski definition) is 5. The summed E-state index contributed by atoms with van der Waals surface area (Å²) in [5, 5.41) is 2.61. The molecule has 2 rings (SSSR count). The normalized spacial score (nSPS) is 11.5. The summed E-state index contributed by atoms with van der Waals surface area (Å²) in [6.07, 6.45) is 0.522. The highest BCUT2D eigenvalue weighted by Crippen LogP contribution is 2.24. The minimum Gasteiger partial charge on any atom is -0.446 e. The maximum absolute atomic E-state index is 12.2. The third-order valence-corrected chi connectivity index (χ3v) is 4.84. The number of oxazole rings is 1. The molecular formula is C16H21N3O4S. The molecule has 8 heteroatoms. The summed E-state index contributed by atoms with van der Waals surface area (Å²) in [6.45, 7) is 5.69. The van der Waals surface area contributed by atoms with E-state index >= 15 is 0 Å². The topological polar surface area (TPSA) is 101 Å². The van der Waals surface area contributed by atoms with Gasteiger partial charge >= 0.3 is 0 Å². The Morgan fingerprint density at radius 1 is 1.17 bits per heavy atom. The van der Waals surface area contributed by atoms with Crippen LogP contribution in [-0.2, 0) is 14.8 Å². The fraction of sp³-hybridized carbons (Fsp3) is 0.375. The first-order chi connectivity index (χ1) is 11.3. The van der Waals surface area contributed by atoms with Gasteiger partial charge in [0.25, 0.3) is 0 Å². The van der Waals surface area contributed by atoms with E-state index in [0.717, 1.165) is 5.56 Å². The SMILES string of the molecule is CC(=O)NCCCNS(=O)(=O)c1ccc(-c2nc(C)oc2C)cc1. The largest absolute Gasteiger partial charge is 0.446 e. The number of aromatic nitrogens is 1. The summed E-state index contributed by atoms with van der Waals surface area (Å²) in [6, 6.07) is 6.48. The molecule has 0 saturated heterocycles. The van der Waals surface area contributed by atoms with E-state index in [1.165, 1.54) is 19.1 Å². The molecule has 0 aliphatic rings. The molecule has 130 valence electrons. The van der Waals surface area contributed by atoms with Crippen LogP contribution in [0.25, 0.3) is 11.3 Å². The number of hydrogen-bond donors (Lipinski definition) is 2. The van der Waals surface area contributed by atoms with Crippen molar-refractivity contribution >= 4 is 15.9 Å². The fourth-order valence-corrected chi connectivity index (χ4v) is 3.31. The van der Waals surface area contributed by atoms with Crippen molar-refractivity contribution in [2.75, 3.05) is 13.1 Å². The van der Waals surface area contributed by atoms with Crippen molar-refractivity contribution in [1.82, 2.24) is 15.0 Å². The van der Waals surface area contributed by atoms with E-state index in [1.807, 2.05) is 6.92 Å². The zero-order valence-electron chi connectivity index (χ0n) is 13.9. The number of nitrogens with zero attached hydrogens (tertiary/aromatic N) is 1. The second-order valence-corrected chi connectivity index (χ2v) is 7.16. The number of aryl methyl sites for hydroxylation is 2. The maximum atomic E-state index is 12.2. The van der Waals surface area contributed by atoms with Gasteiger partial charge in [-0.1, -0.05) is 12.1 Å². The van der Waals surface area contributed by atoms with Gasteiger partial charge < -0.3 is 9.73 Å². The number of amides is 1. The molecule has 0 bridgehead atoms. The highest BCUT2D eigenvalue weighted by atomic mass is 32.2. The summed E-state index contributed by atoms with van der Waals surface area (Å²) >= 11 is 0. The lowest BCUT2D eigenvalue weighted by atomic mass is 10.1. The van der Waals surface area contributed by atoms with E-state index in [-0.39, 0.29) is 17.3 Å². The third-order valence-electron chi connectivity index (χ3n) is 3.36. The zero-order valence-corrected chi connectivity index (χ0v) is 14.7. The minimum absolute atomic E-state index is 0.133. The van der Waals surface area contributed by atoms with E-state index in [1.54, 1.807) is 19.1 Å². The lowest BCUT2D eigenvalue weighted by Gasteiger charge is -2.07. The van der Waals surface area contributed by atoms with Gasteiger partial charge in [0.15, 0.2) is 5.89 Å². The quantitative estimate of drug-likeness (QED) is 0.740. The molecule has 0 unspecified atom stereocenters. The van der Waals surface area contributed by atoms with Crippen LogP contribution >= 0.6 is 0 Å². The summed E-state index contributed by atoms with van der Waals surface area (Å²) in [7, 11) is -3.57. The third kappa shape index (κ3) is 4.65. The standard InChI is InChI=1S/C16H21N3O4S/c1-11-16(19-13(3)23-11)14-5-7-15(8-6-14)24(21,22)18-10-4-9-17-12(2)20/h5-8,18H,4,9-10H2,1-3H3,(H,17,20). The summed E-state index contributed by atoms with van der Waals surface area (Å²) < 4.78 is 32.3. The van der Waals surface area contributed by atoms with E-state index in [2.05, 4.69) is 15.0 Å². The molecule has 1 amide bonds. The Morgan fingerprint density at radius 2 is 1.83 bits per heavy atom. The second kappa shape index (κ2) is 7.59. The average Bonchev–Trinajstić information content (AvgIpc) is 2.85. The first kappa shape index (κ1) is 18.2. The molecule has 0 saturated carbocycles. The highest BCUT2D eigenvalue weighted by molar-refractivity contribution is 7.89. The van der Waals surface area contributed by atoms with E-state index in [4.69, 9.17) is 4.42 Å². The van der Waals surface area contributed by atoms with Crippen LogP contribution in [0.4, 0.5) is 0 Å². The minimum atomic E-state index is -3.57. The van der Waals surface area contributed by atoms with E-state index < -0.39 is 10.0 Å². The fourth-order valence-electron chi connectivity index (χ4n) is 2.23. The number of carbonyl (C=O) groups is 1. The first-order valence-corrected chi connectivity index (χ1v) is 9.06. The van der Waals surface area contributed by atoms with Gasteiger partial charge in [-0.2, -0.15) is 0 Å². The summed E-state index contributed by atoms with van der Waals surface area (Å²) in [4.78, 5) is 15.2. The first-order valence-electron chi connectivity index (χ1n) is 7.58. The van der Waals surface area contributed by atoms with Crippen molar-refractivity contribution in [2.24, 2.45) is 0 Å². The molecule has 0 aliphatic heterocycles.